The van der Waals surface area contributed by atoms with Crippen molar-refractivity contribution in [3.05, 3.63) is 83.1 Å². The highest BCUT2D eigenvalue weighted by atomic mass is 19.1. The number of nitrogens with one attached hydrogen (secondary N) is 2. The number of rotatable bonds is 8. The van der Waals surface area contributed by atoms with Crippen molar-refractivity contribution in [1.29, 1.82) is 0 Å². The van der Waals surface area contributed by atoms with Gasteiger partial charge in [-0.25, -0.2) is 13.8 Å². The van der Waals surface area contributed by atoms with E-state index in [2.05, 4.69) is 15.6 Å². The van der Waals surface area contributed by atoms with E-state index in [1.54, 1.807) is 11.0 Å². The number of amides is 2. The Kier molecular flexibility index (Phi) is 7.01. The summed E-state index contributed by atoms with van der Waals surface area (Å²) in [5.41, 5.74) is 8.08. The van der Waals surface area contributed by atoms with Crippen molar-refractivity contribution in [1.82, 2.24) is 9.88 Å². The molecule has 0 spiro atoms. The molecule has 3 aromatic rings. The van der Waals surface area contributed by atoms with Crippen LogP contribution in [0.1, 0.15) is 40.2 Å². The molecule has 7 nitrogen and oxygen atoms in total. The predicted octanol–water partition coefficient (Wildman–Crippen LogP) is 4.15. The molecule has 1 aliphatic rings. The molecular weight excluding hydrogens is 440 g/mol. The van der Waals surface area contributed by atoms with Gasteiger partial charge in [0.15, 0.2) is 0 Å². The maximum absolute atomic E-state index is 14.0. The van der Waals surface area contributed by atoms with Crippen molar-refractivity contribution in [2.75, 3.05) is 23.7 Å². The van der Waals surface area contributed by atoms with Crippen LogP contribution in [0.3, 0.4) is 0 Å². The zero-order valence-electron chi connectivity index (χ0n) is 18.4. The van der Waals surface area contributed by atoms with Crippen LogP contribution in [0.5, 0.6) is 0 Å². The van der Waals surface area contributed by atoms with Crippen LogP contribution in [-0.2, 0) is 11.3 Å². The average Bonchev–Trinajstić information content (AvgIpc) is 2.85. The standard InChI is InChI=1S/C25H25F2N5O2/c26-19-3-6-22(27)18(11-19)13-29-23-12-24(30-14-21(23)25(28)34)31-20-4-1-16(2-5-20)17-7-9-32(15-33)10-8-17/h1-6,11-12,14-15,17H,7-10,13H2,(H2,28,34)(H2,29,30,31). The van der Waals surface area contributed by atoms with Gasteiger partial charge in [0.25, 0.3) is 5.91 Å². The molecule has 1 saturated heterocycles. The fourth-order valence-corrected chi connectivity index (χ4v) is 4.06. The van der Waals surface area contributed by atoms with Gasteiger partial charge in [-0.15, -0.1) is 0 Å². The lowest BCUT2D eigenvalue weighted by Crippen LogP contribution is -2.31. The van der Waals surface area contributed by atoms with Crippen molar-refractivity contribution in [2.24, 2.45) is 5.73 Å². The number of aromatic nitrogens is 1. The number of piperidine rings is 1. The lowest BCUT2D eigenvalue weighted by molar-refractivity contribution is -0.119. The first-order valence-electron chi connectivity index (χ1n) is 11.0. The first-order valence-corrected chi connectivity index (χ1v) is 11.0. The Balaban J connectivity index is 1.46. The van der Waals surface area contributed by atoms with Crippen molar-refractivity contribution < 1.29 is 18.4 Å². The van der Waals surface area contributed by atoms with E-state index in [4.69, 9.17) is 5.73 Å². The zero-order chi connectivity index (χ0) is 24.1. The van der Waals surface area contributed by atoms with Gasteiger partial charge in [0.05, 0.1) is 11.3 Å². The van der Waals surface area contributed by atoms with Gasteiger partial charge in [-0.1, -0.05) is 12.1 Å². The molecule has 0 atom stereocenters. The van der Waals surface area contributed by atoms with Gasteiger partial charge < -0.3 is 21.3 Å². The maximum atomic E-state index is 14.0. The van der Waals surface area contributed by atoms with Crippen molar-refractivity contribution in [2.45, 2.75) is 25.3 Å². The third-order valence-corrected chi connectivity index (χ3v) is 5.98. The molecule has 0 saturated carbocycles. The monoisotopic (exact) mass is 465 g/mol. The summed E-state index contributed by atoms with van der Waals surface area (Å²) in [6.07, 6.45) is 4.10. The number of likely N-dealkylation sites (tertiary alicyclic amines) is 1. The summed E-state index contributed by atoms with van der Waals surface area (Å²) >= 11 is 0. The summed E-state index contributed by atoms with van der Waals surface area (Å²) in [5, 5.41) is 6.13. The molecule has 0 bridgehead atoms. The Bertz CT molecular complexity index is 1180. The zero-order valence-corrected chi connectivity index (χ0v) is 18.4. The second-order valence-electron chi connectivity index (χ2n) is 8.23. The molecule has 1 aliphatic heterocycles. The molecule has 9 heteroatoms. The van der Waals surface area contributed by atoms with E-state index >= 15 is 0 Å². The number of nitrogens with zero attached hydrogens (tertiary/aromatic N) is 2. The van der Waals surface area contributed by atoms with Crippen LogP contribution in [0.2, 0.25) is 0 Å². The molecule has 34 heavy (non-hydrogen) atoms. The molecule has 176 valence electrons. The molecule has 1 fully saturated rings. The Hall–Kier alpha value is -4.01. The van der Waals surface area contributed by atoms with Gasteiger partial charge in [0.1, 0.15) is 17.5 Å². The average molecular weight is 466 g/mol. The first kappa shape index (κ1) is 23.2. The van der Waals surface area contributed by atoms with E-state index in [0.29, 0.717) is 17.4 Å². The van der Waals surface area contributed by atoms with Gasteiger partial charge >= 0.3 is 0 Å². The summed E-state index contributed by atoms with van der Waals surface area (Å²) in [7, 11) is 0. The van der Waals surface area contributed by atoms with E-state index in [0.717, 1.165) is 56.2 Å². The van der Waals surface area contributed by atoms with E-state index in [1.165, 1.54) is 11.8 Å². The summed E-state index contributed by atoms with van der Waals surface area (Å²) in [6.45, 7) is 1.49. The Labute approximate surface area is 196 Å². The predicted molar refractivity (Wildman–Crippen MR) is 126 cm³/mol. The molecule has 2 heterocycles. The number of anilines is 3. The third kappa shape index (κ3) is 5.48. The minimum atomic E-state index is -0.689. The molecule has 0 unspecified atom stereocenters. The number of carbonyl (C=O) groups excluding carboxylic acids is 2. The van der Waals surface area contributed by atoms with Gasteiger partial charge in [-0.3, -0.25) is 9.59 Å². The Morgan fingerprint density at radius 1 is 1.12 bits per heavy atom. The van der Waals surface area contributed by atoms with Crippen molar-refractivity contribution in [3.8, 4) is 0 Å². The second kappa shape index (κ2) is 10.3. The van der Waals surface area contributed by atoms with Crippen LogP contribution in [-0.4, -0.2) is 35.3 Å². The molecule has 4 rings (SSSR count). The molecule has 4 N–H and O–H groups in total. The molecule has 2 amide bonds. The van der Waals surface area contributed by atoms with Gasteiger partial charge in [0.2, 0.25) is 6.41 Å². The maximum Gasteiger partial charge on any atom is 0.252 e. The molecule has 1 aromatic heterocycles. The number of nitrogens with two attached hydrogens (primary N) is 1. The van der Waals surface area contributed by atoms with Crippen LogP contribution in [0.4, 0.5) is 26.0 Å². The molecule has 2 aromatic carbocycles. The minimum Gasteiger partial charge on any atom is -0.380 e. The van der Waals surface area contributed by atoms with Crippen LogP contribution < -0.4 is 16.4 Å². The van der Waals surface area contributed by atoms with Gasteiger partial charge in [0, 0.05) is 43.1 Å². The normalized spacial score (nSPS) is 14.0. The number of primary amides is 1. The van der Waals surface area contributed by atoms with Crippen LogP contribution in [0, 0.1) is 11.6 Å². The van der Waals surface area contributed by atoms with Crippen LogP contribution >= 0.6 is 0 Å². The fraction of sp³-hybridized carbons (Fsp3) is 0.240. The van der Waals surface area contributed by atoms with E-state index < -0.39 is 17.5 Å². The van der Waals surface area contributed by atoms with E-state index in [1.807, 2.05) is 24.3 Å². The second-order valence-corrected chi connectivity index (χ2v) is 8.23. The highest BCUT2D eigenvalue weighted by Gasteiger charge is 2.19. The minimum absolute atomic E-state index is 0.0368. The molecule has 0 radical (unpaired) electrons. The van der Waals surface area contributed by atoms with Crippen molar-refractivity contribution >= 4 is 29.5 Å². The summed E-state index contributed by atoms with van der Waals surface area (Å²) in [5.74, 6) is -0.926. The number of hydrogen-bond acceptors (Lipinski definition) is 5. The summed E-state index contributed by atoms with van der Waals surface area (Å²) in [6, 6.07) is 12.8. The smallest absolute Gasteiger partial charge is 0.252 e. The Morgan fingerprint density at radius 3 is 2.53 bits per heavy atom. The van der Waals surface area contributed by atoms with Crippen LogP contribution in [0.25, 0.3) is 0 Å². The summed E-state index contributed by atoms with van der Waals surface area (Å²) < 4.78 is 27.4. The lowest BCUT2D eigenvalue weighted by atomic mass is 9.89. The highest BCUT2D eigenvalue weighted by Crippen LogP contribution is 2.29. The summed E-state index contributed by atoms with van der Waals surface area (Å²) in [4.78, 5) is 28.8. The first-order chi connectivity index (χ1) is 16.4. The number of hydrogen-bond donors (Lipinski definition) is 3. The number of pyridine rings is 1. The van der Waals surface area contributed by atoms with E-state index in [9.17, 15) is 18.4 Å². The fourth-order valence-electron chi connectivity index (χ4n) is 4.06. The van der Waals surface area contributed by atoms with Gasteiger partial charge in [-0.05, 0) is 54.7 Å². The molecule has 0 aliphatic carbocycles. The SMILES string of the molecule is NC(=O)c1cnc(Nc2ccc(C3CCN(C=O)CC3)cc2)cc1NCc1cc(F)ccc1F. The number of benzene rings is 2. The highest BCUT2D eigenvalue weighted by molar-refractivity contribution is 5.98. The largest absolute Gasteiger partial charge is 0.380 e. The van der Waals surface area contributed by atoms with Crippen molar-refractivity contribution in [3.63, 3.8) is 0 Å². The topological polar surface area (TPSA) is 100 Å². The lowest BCUT2D eigenvalue weighted by Gasteiger charge is -2.29. The van der Waals surface area contributed by atoms with Gasteiger partial charge in [-0.2, -0.15) is 0 Å². The number of halogens is 2. The number of carbonyl (C=O) groups is 2. The Morgan fingerprint density at radius 2 is 1.85 bits per heavy atom. The quantitative estimate of drug-likeness (QED) is 0.434. The van der Waals surface area contributed by atoms with Crippen LogP contribution in [0.15, 0.2) is 54.7 Å². The molecular formula is C25H25F2N5O2. The van der Waals surface area contributed by atoms with E-state index in [-0.39, 0.29) is 17.7 Å². The third-order valence-electron chi connectivity index (χ3n) is 5.98.